The van der Waals surface area contributed by atoms with Gasteiger partial charge in [0.05, 0.1) is 7.11 Å². The van der Waals surface area contributed by atoms with Crippen LogP contribution < -0.4 is 10.1 Å². The standard InChI is InChI=1S/C20H27NO2/c1-23-18-4-2-14(3-5-18)6-7-21-19(22)20-11-15-8-16(12-20)10-17(9-15)13-20/h2-5,15-17H,6-13H2,1H3,(H,21,22). The van der Waals surface area contributed by atoms with Gasteiger partial charge >= 0.3 is 0 Å². The van der Waals surface area contributed by atoms with Crippen LogP contribution in [0.15, 0.2) is 24.3 Å². The molecule has 0 atom stereocenters. The summed E-state index contributed by atoms with van der Waals surface area (Å²) in [4.78, 5) is 12.9. The van der Waals surface area contributed by atoms with Gasteiger partial charge in [0.1, 0.15) is 5.75 Å². The van der Waals surface area contributed by atoms with Crippen molar-refractivity contribution in [3.05, 3.63) is 29.8 Å². The van der Waals surface area contributed by atoms with Crippen LogP contribution in [0.4, 0.5) is 0 Å². The minimum atomic E-state index is -0.0192. The summed E-state index contributed by atoms with van der Waals surface area (Å²) in [6.07, 6.45) is 8.49. The molecule has 1 aromatic rings. The number of nitrogens with one attached hydrogen (secondary N) is 1. The van der Waals surface area contributed by atoms with Crippen LogP contribution in [0, 0.1) is 23.2 Å². The third-order valence-electron chi connectivity index (χ3n) is 6.38. The van der Waals surface area contributed by atoms with Crippen LogP contribution in [-0.4, -0.2) is 19.6 Å². The minimum absolute atomic E-state index is 0.0192. The van der Waals surface area contributed by atoms with Crippen LogP contribution in [0.3, 0.4) is 0 Å². The molecule has 4 saturated carbocycles. The SMILES string of the molecule is COc1ccc(CCNC(=O)C23CC4CC(CC(C4)C2)C3)cc1. The summed E-state index contributed by atoms with van der Waals surface area (Å²) in [6, 6.07) is 8.12. The molecule has 4 fully saturated rings. The van der Waals surface area contributed by atoms with Gasteiger partial charge in [-0.3, -0.25) is 4.79 Å². The van der Waals surface area contributed by atoms with Crippen LogP contribution >= 0.6 is 0 Å². The number of carbonyl (C=O) groups is 1. The summed E-state index contributed by atoms with van der Waals surface area (Å²) in [5, 5.41) is 3.25. The molecule has 0 aromatic heterocycles. The zero-order valence-corrected chi connectivity index (χ0v) is 14.0. The van der Waals surface area contributed by atoms with Crippen molar-refractivity contribution < 1.29 is 9.53 Å². The van der Waals surface area contributed by atoms with Crippen molar-refractivity contribution in [2.75, 3.05) is 13.7 Å². The molecular formula is C20H27NO2. The average molecular weight is 313 g/mol. The van der Waals surface area contributed by atoms with Gasteiger partial charge in [-0.1, -0.05) is 12.1 Å². The maximum Gasteiger partial charge on any atom is 0.226 e. The first kappa shape index (κ1) is 15.0. The molecule has 4 aliphatic carbocycles. The van der Waals surface area contributed by atoms with E-state index in [1.54, 1.807) is 7.11 Å². The van der Waals surface area contributed by atoms with Crippen molar-refractivity contribution in [2.45, 2.75) is 44.9 Å². The second-order valence-electron chi connectivity index (χ2n) is 8.05. The number of amides is 1. The highest BCUT2D eigenvalue weighted by Crippen LogP contribution is 2.60. The third kappa shape index (κ3) is 2.86. The van der Waals surface area contributed by atoms with E-state index in [-0.39, 0.29) is 5.41 Å². The Balaban J connectivity index is 1.33. The average Bonchev–Trinajstić information content (AvgIpc) is 2.54. The van der Waals surface area contributed by atoms with E-state index in [9.17, 15) is 4.79 Å². The molecule has 4 bridgehead atoms. The molecule has 1 aromatic carbocycles. The highest BCUT2D eigenvalue weighted by Gasteiger charge is 2.54. The lowest BCUT2D eigenvalue weighted by molar-refractivity contribution is -0.146. The van der Waals surface area contributed by atoms with Crippen LogP contribution in [0.25, 0.3) is 0 Å². The lowest BCUT2D eigenvalue weighted by atomic mass is 9.49. The van der Waals surface area contributed by atoms with Gasteiger partial charge in [-0.15, -0.1) is 0 Å². The van der Waals surface area contributed by atoms with Gasteiger partial charge in [0, 0.05) is 12.0 Å². The van der Waals surface area contributed by atoms with E-state index in [1.165, 1.54) is 24.8 Å². The fourth-order valence-electron chi connectivity index (χ4n) is 5.69. The summed E-state index contributed by atoms with van der Waals surface area (Å²) >= 11 is 0. The number of ether oxygens (including phenoxy) is 1. The number of benzene rings is 1. The Labute approximate surface area is 138 Å². The molecule has 3 nitrogen and oxygen atoms in total. The van der Waals surface area contributed by atoms with Crippen LogP contribution in [0.2, 0.25) is 0 Å². The summed E-state index contributed by atoms with van der Waals surface area (Å²) < 4.78 is 5.18. The number of carbonyl (C=O) groups excluding carboxylic acids is 1. The first-order valence-corrected chi connectivity index (χ1v) is 9.08. The lowest BCUT2D eigenvalue weighted by Gasteiger charge is -2.55. The zero-order chi connectivity index (χ0) is 15.9. The van der Waals surface area contributed by atoms with Gasteiger partial charge in [-0.05, 0) is 80.4 Å². The Morgan fingerprint density at radius 3 is 2.17 bits per heavy atom. The van der Waals surface area contributed by atoms with E-state index in [4.69, 9.17) is 4.74 Å². The van der Waals surface area contributed by atoms with E-state index in [1.807, 2.05) is 12.1 Å². The minimum Gasteiger partial charge on any atom is -0.497 e. The zero-order valence-electron chi connectivity index (χ0n) is 14.0. The Morgan fingerprint density at radius 1 is 1.09 bits per heavy atom. The van der Waals surface area contributed by atoms with Crippen molar-refractivity contribution in [1.82, 2.24) is 5.32 Å². The summed E-state index contributed by atoms with van der Waals surface area (Å²) in [5.41, 5.74) is 1.23. The molecule has 1 amide bonds. The monoisotopic (exact) mass is 313 g/mol. The lowest BCUT2D eigenvalue weighted by Crippen LogP contribution is -2.53. The molecule has 1 N–H and O–H groups in total. The summed E-state index contributed by atoms with van der Waals surface area (Å²) in [6.45, 7) is 0.743. The first-order valence-electron chi connectivity index (χ1n) is 9.08. The quantitative estimate of drug-likeness (QED) is 0.902. The van der Waals surface area contributed by atoms with Crippen molar-refractivity contribution in [3.63, 3.8) is 0 Å². The Morgan fingerprint density at radius 2 is 1.65 bits per heavy atom. The predicted octanol–water partition coefficient (Wildman–Crippen LogP) is 3.57. The normalized spacial score (nSPS) is 34.4. The van der Waals surface area contributed by atoms with Crippen LogP contribution in [-0.2, 0) is 11.2 Å². The van der Waals surface area contributed by atoms with Gasteiger partial charge < -0.3 is 10.1 Å². The van der Waals surface area contributed by atoms with E-state index in [0.717, 1.165) is 55.7 Å². The molecule has 0 unspecified atom stereocenters. The summed E-state index contributed by atoms with van der Waals surface area (Å²) in [5.74, 6) is 3.70. The molecule has 5 rings (SSSR count). The molecule has 3 heteroatoms. The second kappa shape index (κ2) is 5.85. The molecule has 0 heterocycles. The van der Waals surface area contributed by atoms with Crippen molar-refractivity contribution in [1.29, 1.82) is 0 Å². The van der Waals surface area contributed by atoms with Gasteiger partial charge in [0.15, 0.2) is 0 Å². The highest BCUT2D eigenvalue weighted by atomic mass is 16.5. The number of methoxy groups -OCH3 is 1. The number of hydrogen-bond acceptors (Lipinski definition) is 2. The van der Waals surface area contributed by atoms with Crippen LogP contribution in [0.5, 0.6) is 5.75 Å². The Bertz CT molecular complexity index is 543. The van der Waals surface area contributed by atoms with Crippen molar-refractivity contribution in [2.24, 2.45) is 23.2 Å². The topological polar surface area (TPSA) is 38.3 Å². The Kier molecular flexibility index (Phi) is 3.82. The van der Waals surface area contributed by atoms with Gasteiger partial charge in [-0.25, -0.2) is 0 Å². The fraction of sp³-hybridized carbons (Fsp3) is 0.650. The smallest absolute Gasteiger partial charge is 0.226 e. The molecular weight excluding hydrogens is 286 g/mol. The molecule has 124 valence electrons. The van der Waals surface area contributed by atoms with Crippen molar-refractivity contribution in [3.8, 4) is 5.75 Å². The predicted molar refractivity (Wildman–Crippen MR) is 90.3 cm³/mol. The number of rotatable bonds is 5. The number of hydrogen-bond donors (Lipinski definition) is 1. The molecule has 0 aliphatic heterocycles. The molecule has 0 spiro atoms. The molecule has 0 saturated heterocycles. The van der Waals surface area contributed by atoms with E-state index in [0.29, 0.717) is 5.91 Å². The molecule has 23 heavy (non-hydrogen) atoms. The Hall–Kier alpha value is -1.51. The van der Waals surface area contributed by atoms with Crippen molar-refractivity contribution >= 4 is 5.91 Å². The van der Waals surface area contributed by atoms with E-state index in [2.05, 4.69) is 17.4 Å². The fourth-order valence-corrected chi connectivity index (χ4v) is 5.69. The third-order valence-corrected chi connectivity index (χ3v) is 6.38. The van der Waals surface area contributed by atoms with Gasteiger partial charge in [0.25, 0.3) is 0 Å². The maximum absolute atomic E-state index is 12.9. The first-order chi connectivity index (χ1) is 11.2. The largest absolute Gasteiger partial charge is 0.497 e. The van der Waals surface area contributed by atoms with E-state index >= 15 is 0 Å². The van der Waals surface area contributed by atoms with Gasteiger partial charge in [-0.2, -0.15) is 0 Å². The maximum atomic E-state index is 12.9. The van der Waals surface area contributed by atoms with Gasteiger partial charge in [0.2, 0.25) is 5.91 Å². The molecule has 0 radical (unpaired) electrons. The highest BCUT2D eigenvalue weighted by molar-refractivity contribution is 5.83. The second-order valence-corrected chi connectivity index (χ2v) is 8.05. The van der Waals surface area contributed by atoms with E-state index < -0.39 is 0 Å². The summed E-state index contributed by atoms with van der Waals surface area (Å²) in [7, 11) is 1.68. The molecule has 4 aliphatic rings. The van der Waals surface area contributed by atoms with Crippen LogP contribution in [0.1, 0.15) is 44.1 Å².